The van der Waals surface area contributed by atoms with E-state index >= 15 is 0 Å². The number of amides is 2. The fourth-order valence-electron chi connectivity index (χ4n) is 7.42. The van der Waals surface area contributed by atoms with Gasteiger partial charge in [-0.05, 0) is 65.8 Å². The van der Waals surface area contributed by atoms with Gasteiger partial charge in [-0.15, -0.1) is 0 Å². The van der Waals surface area contributed by atoms with Crippen molar-refractivity contribution < 1.29 is 23.8 Å². The van der Waals surface area contributed by atoms with E-state index in [0.29, 0.717) is 67.5 Å². The predicted octanol–water partition coefficient (Wildman–Crippen LogP) is 4.93. The van der Waals surface area contributed by atoms with Crippen LogP contribution in [0.25, 0.3) is 22.2 Å². The third-order valence-electron chi connectivity index (χ3n) is 10.3. The molecule has 2 amide bonds. The van der Waals surface area contributed by atoms with Gasteiger partial charge in [0.1, 0.15) is 6.04 Å². The Labute approximate surface area is 298 Å². The van der Waals surface area contributed by atoms with E-state index in [1.807, 2.05) is 56.1 Å². The number of rotatable bonds is 10. The summed E-state index contributed by atoms with van der Waals surface area (Å²) < 4.78 is 19.4. The number of benzene rings is 2. The van der Waals surface area contributed by atoms with Crippen molar-refractivity contribution in [2.24, 2.45) is 13.0 Å². The van der Waals surface area contributed by atoms with Crippen LogP contribution in [0.4, 0.5) is 11.6 Å². The average Bonchev–Trinajstić information content (AvgIpc) is 3.30. The first kappa shape index (κ1) is 35.6. The van der Waals surface area contributed by atoms with Gasteiger partial charge in [0.2, 0.25) is 28.9 Å². The van der Waals surface area contributed by atoms with E-state index in [-0.39, 0.29) is 23.2 Å². The lowest BCUT2D eigenvalue weighted by molar-refractivity contribution is -0.133. The van der Waals surface area contributed by atoms with Crippen molar-refractivity contribution in [3.8, 4) is 28.4 Å². The SMILES string of the molecule is CCC(C)C(Nc1ccc2c(cc1=O)C(NC(C)=O)CCc1cc(OC)c(OC)c(OC)c1-2)C(=O)N1CCN(c2nc3ccccc3n2C)CC1. The lowest BCUT2D eigenvalue weighted by Crippen LogP contribution is -2.54. The van der Waals surface area contributed by atoms with E-state index < -0.39 is 12.1 Å². The molecule has 6 rings (SSSR count). The second-order valence-electron chi connectivity index (χ2n) is 13.4. The quantitative estimate of drug-likeness (QED) is 0.238. The van der Waals surface area contributed by atoms with E-state index in [9.17, 15) is 14.4 Å². The van der Waals surface area contributed by atoms with Crippen molar-refractivity contribution >= 4 is 34.5 Å². The van der Waals surface area contributed by atoms with E-state index in [0.717, 1.165) is 40.1 Å². The summed E-state index contributed by atoms with van der Waals surface area (Å²) in [5.74, 6) is 2.05. The summed E-state index contributed by atoms with van der Waals surface area (Å²) in [5.41, 5.74) is 5.15. The highest BCUT2D eigenvalue weighted by molar-refractivity contribution is 5.87. The maximum atomic E-state index is 14.2. The predicted molar refractivity (Wildman–Crippen MR) is 199 cm³/mol. The Hall–Kier alpha value is -5.26. The molecule has 3 atom stereocenters. The number of para-hydroxylation sites is 2. The van der Waals surface area contributed by atoms with Crippen molar-refractivity contribution in [2.45, 2.75) is 52.1 Å². The smallest absolute Gasteiger partial charge is 0.245 e. The van der Waals surface area contributed by atoms with Crippen LogP contribution in [0.5, 0.6) is 17.2 Å². The standard InChI is InChI=1S/C39H48N6O6/c1-8-23(2)35(38(48)44-17-19-45(20-18-44)39-42-29-11-9-10-12-31(29)43(39)4)41-30-16-14-26-27(22-32(30)47)28(40-24(3)46)15-13-25-21-33(49-5)36(50-6)37(51-7)34(25)26/h9-12,14,16,21-23,28,35H,8,13,15,17-20H2,1-7H3,(H,40,46)(H,41,47). The fourth-order valence-corrected chi connectivity index (χ4v) is 7.42. The first-order chi connectivity index (χ1) is 24.6. The Morgan fingerprint density at radius 3 is 2.35 bits per heavy atom. The van der Waals surface area contributed by atoms with Crippen LogP contribution in [0.1, 0.15) is 50.8 Å². The van der Waals surface area contributed by atoms with Gasteiger partial charge in [0, 0.05) is 45.7 Å². The molecule has 2 N–H and O–H groups in total. The zero-order valence-corrected chi connectivity index (χ0v) is 30.5. The molecule has 3 unspecified atom stereocenters. The van der Waals surface area contributed by atoms with E-state index in [1.165, 1.54) is 6.92 Å². The highest BCUT2D eigenvalue weighted by Gasteiger charge is 2.33. The number of aryl methyl sites for hydroxylation is 2. The molecule has 0 bridgehead atoms. The topological polar surface area (TPSA) is 127 Å². The van der Waals surface area contributed by atoms with Gasteiger partial charge in [-0.3, -0.25) is 14.4 Å². The minimum Gasteiger partial charge on any atom is -0.493 e. The number of imidazole rings is 1. The van der Waals surface area contributed by atoms with Crippen LogP contribution in [0, 0.1) is 5.92 Å². The minimum atomic E-state index is -0.621. The third kappa shape index (κ3) is 6.79. The van der Waals surface area contributed by atoms with Gasteiger partial charge in [-0.25, -0.2) is 4.98 Å². The number of anilines is 2. The molecular formula is C39H48N6O6. The van der Waals surface area contributed by atoms with Gasteiger partial charge in [0.15, 0.2) is 11.5 Å². The number of ether oxygens (including phenoxy) is 3. The normalized spacial score (nSPS) is 16.7. The van der Waals surface area contributed by atoms with Crippen molar-refractivity contribution in [1.82, 2.24) is 19.8 Å². The molecule has 1 fully saturated rings. The monoisotopic (exact) mass is 696 g/mol. The number of fused-ring (bicyclic) bond motifs is 4. The summed E-state index contributed by atoms with van der Waals surface area (Å²) in [4.78, 5) is 49.7. The number of nitrogens with zero attached hydrogens (tertiary/aromatic N) is 4. The van der Waals surface area contributed by atoms with Crippen molar-refractivity contribution in [3.05, 3.63) is 69.9 Å². The molecule has 4 aromatic rings. The Bertz CT molecular complexity index is 2000. The number of nitrogens with one attached hydrogen (secondary N) is 2. The zero-order valence-electron chi connectivity index (χ0n) is 30.5. The molecule has 0 spiro atoms. The van der Waals surface area contributed by atoms with Gasteiger partial charge in [-0.2, -0.15) is 0 Å². The highest BCUT2D eigenvalue weighted by Crippen LogP contribution is 2.50. The molecule has 1 aliphatic heterocycles. The molecule has 1 aliphatic carbocycles. The summed E-state index contributed by atoms with van der Waals surface area (Å²) >= 11 is 0. The molecule has 51 heavy (non-hydrogen) atoms. The largest absolute Gasteiger partial charge is 0.493 e. The number of methoxy groups -OCH3 is 3. The van der Waals surface area contributed by atoms with Crippen LogP contribution in [0.15, 0.2) is 53.3 Å². The van der Waals surface area contributed by atoms with Crippen LogP contribution >= 0.6 is 0 Å². The van der Waals surface area contributed by atoms with Crippen LogP contribution in [0.2, 0.25) is 0 Å². The number of aromatic nitrogens is 2. The Morgan fingerprint density at radius 2 is 1.71 bits per heavy atom. The molecule has 2 aliphatic rings. The first-order valence-electron chi connectivity index (χ1n) is 17.6. The van der Waals surface area contributed by atoms with Crippen LogP contribution in [-0.4, -0.2) is 79.8 Å². The zero-order chi connectivity index (χ0) is 36.4. The average molecular weight is 697 g/mol. The van der Waals surface area contributed by atoms with Gasteiger partial charge in [0.25, 0.3) is 0 Å². The Kier molecular flexibility index (Phi) is 10.4. The number of carbonyl (C=O) groups excluding carboxylic acids is 2. The molecule has 0 saturated carbocycles. The number of hydrogen-bond acceptors (Lipinski definition) is 9. The third-order valence-corrected chi connectivity index (χ3v) is 10.3. The maximum absolute atomic E-state index is 14.2. The molecule has 12 heteroatoms. The van der Waals surface area contributed by atoms with Crippen molar-refractivity contribution in [2.75, 3.05) is 57.7 Å². The van der Waals surface area contributed by atoms with Gasteiger partial charge < -0.3 is 39.2 Å². The van der Waals surface area contributed by atoms with Crippen LogP contribution < -0.4 is 35.2 Å². The lowest BCUT2D eigenvalue weighted by Gasteiger charge is -2.38. The van der Waals surface area contributed by atoms with Crippen LogP contribution in [-0.2, 0) is 23.1 Å². The summed E-state index contributed by atoms with van der Waals surface area (Å²) in [6, 6.07) is 14.1. The summed E-state index contributed by atoms with van der Waals surface area (Å²) in [7, 11) is 6.72. The Morgan fingerprint density at radius 1 is 0.980 bits per heavy atom. The molecule has 2 heterocycles. The van der Waals surface area contributed by atoms with Crippen LogP contribution in [0.3, 0.4) is 0 Å². The molecule has 0 radical (unpaired) electrons. The second kappa shape index (κ2) is 14.9. The molecule has 270 valence electrons. The fraction of sp³-hybridized carbons (Fsp3) is 0.436. The number of hydrogen-bond donors (Lipinski definition) is 2. The van der Waals surface area contributed by atoms with E-state index in [1.54, 1.807) is 33.5 Å². The maximum Gasteiger partial charge on any atom is 0.245 e. The van der Waals surface area contributed by atoms with Crippen molar-refractivity contribution in [3.63, 3.8) is 0 Å². The number of piperazine rings is 1. The Balaban J connectivity index is 1.33. The molecule has 3 aromatic carbocycles. The number of carbonyl (C=O) groups is 2. The van der Waals surface area contributed by atoms with Crippen molar-refractivity contribution in [1.29, 1.82) is 0 Å². The molecular weight excluding hydrogens is 648 g/mol. The van der Waals surface area contributed by atoms with E-state index in [2.05, 4.69) is 26.2 Å². The van der Waals surface area contributed by atoms with E-state index in [4.69, 9.17) is 19.2 Å². The van der Waals surface area contributed by atoms with Gasteiger partial charge >= 0.3 is 0 Å². The summed E-state index contributed by atoms with van der Waals surface area (Å²) in [5, 5.41) is 6.43. The minimum absolute atomic E-state index is 0.0403. The molecule has 1 saturated heterocycles. The summed E-state index contributed by atoms with van der Waals surface area (Å²) in [6.07, 6.45) is 1.89. The highest BCUT2D eigenvalue weighted by atomic mass is 16.5. The van der Waals surface area contributed by atoms with Gasteiger partial charge in [-0.1, -0.05) is 38.5 Å². The van der Waals surface area contributed by atoms with Gasteiger partial charge in [0.05, 0.1) is 44.1 Å². The second-order valence-corrected chi connectivity index (χ2v) is 13.4. The molecule has 12 nitrogen and oxygen atoms in total. The molecule has 1 aromatic heterocycles. The lowest BCUT2D eigenvalue weighted by atomic mass is 9.95. The first-order valence-corrected chi connectivity index (χ1v) is 17.6. The summed E-state index contributed by atoms with van der Waals surface area (Å²) in [6.45, 7) is 7.92.